The Labute approximate surface area is 123 Å². The number of ether oxygens (including phenoxy) is 1. The molecule has 1 atom stereocenters. The minimum atomic E-state index is -0.473. The molecule has 0 bridgehead atoms. The first kappa shape index (κ1) is 14.2. The zero-order chi connectivity index (χ0) is 14.4. The van der Waals surface area contributed by atoms with Crippen LogP contribution in [0, 0.1) is 11.3 Å². The Morgan fingerprint density at radius 2 is 1.90 bits per heavy atom. The molecule has 2 rings (SSSR count). The van der Waals surface area contributed by atoms with Gasteiger partial charge >= 0.3 is 0 Å². The number of hydrogen-bond donors (Lipinski definition) is 1. The highest BCUT2D eigenvalue weighted by atomic mass is 35.5. The molecular weight excluding hydrogens is 272 g/mol. The minimum absolute atomic E-state index is 0.473. The molecule has 0 aromatic heterocycles. The monoisotopic (exact) mass is 286 g/mol. The number of hydrogen-bond acceptors (Lipinski definition) is 3. The fraction of sp³-hybridized carbons (Fsp3) is 0.188. The summed E-state index contributed by atoms with van der Waals surface area (Å²) >= 11 is 5.85. The third-order valence-corrected chi connectivity index (χ3v) is 3.07. The van der Waals surface area contributed by atoms with Crippen molar-refractivity contribution >= 4 is 17.3 Å². The molecule has 0 aliphatic rings. The highest BCUT2D eigenvalue weighted by molar-refractivity contribution is 6.30. The number of nitrogens with one attached hydrogen (secondary N) is 1. The van der Waals surface area contributed by atoms with Crippen LogP contribution in [0.2, 0.25) is 5.02 Å². The summed E-state index contributed by atoms with van der Waals surface area (Å²) in [4.78, 5) is 0. The summed E-state index contributed by atoms with van der Waals surface area (Å²) in [5, 5.41) is 13.2. The van der Waals surface area contributed by atoms with Gasteiger partial charge in [-0.2, -0.15) is 5.26 Å². The standard InChI is InChI=1S/C16H15ClN2O/c1-2-20-16-6-4-3-5-14(16)15(11-18)19-13-9-7-12(17)8-10-13/h3-10,15,19H,2H2,1H3. The van der Waals surface area contributed by atoms with Crippen LogP contribution in [-0.2, 0) is 0 Å². The SMILES string of the molecule is CCOc1ccccc1C(C#N)Nc1ccc(Cl)cc1. The first-order chi connectivity index (χ1) is 9.74. The molecule has 4 heteroatoms. The van der Waals surface area contributed by atoms with Crippen LogP contribution in [0.3, 0.4) is 0 Å². The molecule has 0 amide bonds. The van der Waals surface area contributed by atoms with Crippen LogP contribution < -0.4 is 10.1 Å². The van der Waals surface area contributed by atoms with Crippen LogP contribution in [0.1, 0.15) is 18.5 Å². The largest absolute Gasteiger partial charge is 0.493 e. The molecule has 0 radical (unpaired) electrons. The Hall–Kier alpha value is -2.18. The van der Waals surface area contributed by atoms with E-state index >= 15 is 0 Å². The van der Waals surface area contributed by atoms with E-state index in [1.807, 2.05) is 43.3 Å². The zero-order valence-corrected chi connectivity index (χ0v) is 11.9. The maximum Gasteiger partial charge on any atom is 0.143 e. The summed E-state index contributed by atoms with van der Waals surface area (Å²) in [6, 6.07) is 16.6. The molecule has 0 spiro atoms. The van der Waals surface area contributed by atoms with Crippen molar-refractivity contribution in [2.75, 3.05) is 11.9 Å². The quantitative estimate of drug-likeness (QED) is 0.885. The molecule has 0 fully saturated rings. The molecule has 2 aromatic carbocycles. The summed E-state index contributed by atoms with van der Waals surface area (Å²) in [6.07, 6.45) is 0. The topological polar surface area (TPSA) is 45.0 Å². The van der Waals surface area contributed by atoms with Gasteiger partial charge in [-0.05, 0) is 37.3 Å². The molecular formula is C16H15ClN2O. The molecule has 3 nitrogen and oxygen atoms in total. The average Bonchev–Trinajstić information content (AvgIpc) is 2.48. The summed E-state index contributed by atoms with van der Waals surface area (Å²) in [6.45, 7) is 2.49. The van der Waals surface area contributed by atoms with E-state index in [1.54, 1.807) is 12.1 Å². The number of benzene rings is 2. The molecule has 0 saturated heterocycles. The fourth-order valence-electron chi connectivity index (χ4n) is 1.90. The van der Waals surface area contributed by atoms with Gasteiger partial charge in [-0.25, -0.2) is 0 Å². The summed E-state index contributed by atoms with van der Waals surface area (Å²) in [7, 11) is 0. The van der Waals surface area contributed by atoms with E-state index in [2.05, 4.69) is 11.4 Å². The molecule has 0 saturated carbocycles. The predicted molar refractivity (Wildman–Crippen MR) is 81.0 cm³/mol. The second-order valence-corrected chi connectivity index (χ2v) is 4.62. The van der Waals surface area contributed by atoms with Crippen molar-refractivity contribution in [1.29, 1.82) is 5.26 Å². The number of halogens is 1. The molecule has 2 aromatic rings. The second kappa shape index (κ2) is 6.83. The van der Waals surface area contributed by atoms with Gasteiger partial charge < -0.3 is 10.1 Å². The Balaban J connectivity index is 2.24. The van der Waals surface area contributed by atoms with Gasteiger partial charge in [0.25, 0.3) is 0 Å². The molecule has 0 heterocycles. The van der Waals surface area contributed by atoms with Crippen molar-refractivity contribution in [1.82, 2.24) is 0 Å². The molecule has 20 heavy (non-hydrogen) atoms. The van der Waals surface area contributed by atoms with E-state index < -0.39 is 6.04 Å². The maximum absolute atomic E-state index is 9.39. The van der Waals surface area contributed by atoms with Crippen molar-refractivity contribution in [3.05, 3.63) is 59.1 Å². The second-order valence-electron chi connectivity index (χ2n) is 4.18. The van der Waals surface area contributed by atoms with Gasteiger partial charge in [-0.1, -0.05) is 29.8 Å². The van der Waals surface area contributed by atoms with E-state index in [1.165, 1.54) is 0 Å². The van der Waals surface area contributed by atoms with Crippen LogP contribution in [-0.4, -0.2) is 6.61 Å². The Morgan fingerprint density at radius 3 is 2.55 bits per heavy atom. The fourth-order valence-corrected chi connectivity index (χ4v) is 2.02. The van der Waals surface area contributed by atoms with Crippen molar-refractivity contribution in [3.8, 4) is 11.8 Å². The average molecular weight is 287 g/mol. The van der Waals surface area contributed by atoms with E-state index in [-0.39, 0.29) is 0 Å². The van der Waals surface area contributed by atoms with Gasteiger partial charge in [0.15, 0.2) is 0 Å². The van der Waals surface area contributed by atoms with Crippen molar-refractivity contribution in [2.45, 2.75) is 13.0 Å². The van der Waals surface area contributed by atoms with Crippen molar-refractivity contribution in [3.63, 3.8) is 0 Å². The molecule has 102 valence electrons. The third kappa shape index (κ3) is 3.43. The van der Waals surface area contributed by atoms with Gasteiger partial charge in [0.2, 0.25) is 0 Å². The van der Waals surface area contributed by atoms with Gasteiger partial charge in [0, 0.05) is 16.3 Å². The number of anilines is 1. The van der Waals surface area contributed by atoms with Crippen LogP contribution in [0.25, 0.3) is 0 Å². The summed E-state index contributed by atoms with van der Waals surface area (Å²) in [5.74, 6) is 0.725. The van der Waals surface area contributed by atoms with Gasteiger partial charge in [-0.15, -0.1) is 0 Å². The van der Waals surface area contributed by atoms with Gasteiger partial charge in [0.05, 0.1) is 12.7 Å². The highest BCUT2D eigenvalue weighted by Crippen LogP contribution is 2.28. The number of nitrogens with zero attached hydrogens (tertiary/aromatic N) is 1. The highest BCUT2D eigenvalue weighted by Gasteiger charge is 2.15. The molecule has 0 aliphatic heterocycles. The first-order valence-corrected chi connectivity index (χ1v) is 6.76. The predicted octanol–water partition coefficient (Wildman–Crippen LogP) is 4.42. The smallest absolute Gasteiger partial charge is 0.143 e. The van der Waals surface area contributed by atoms with Gasteiger partial charge in [-0.3, -0.25) is 0 Å². The number of rotatable bonds is 5. The van der Waals surface area contributed by atoms with Crippen molar-refractivity contribution < 1.29 is 4.74 Å². The van der Waals surface area contributed by atoms with Crippen LogP contribution in [0.4, 0.5) is 5.69 Å². The number of nitriles is 1. The Morgan fingerprint density at radius 1 is 1.20 bits per heavy atom. The molecule has 1 unspecified atom stereocenters. The first-order valence-electron chi connectivity index (χ1n) is 6.38. The van der Waals surface area contributed by atoms with E-state index in [4.69, 9.17) is 16.3 Å². The van der Waals surface area contributed by atoms with E-state index in [9.17, 15) is 5.26 Å². The van der Waals surface area contributed by atoms with Crippen LogP contribution in [0.5, 0.6) is 5.75 Å². The van der Waals surface area contributed by atoms with E-state index in [0.717, 1.165) is 17.0 Å². The lowest BCUT2D eigenvalue weighted by Gasteiger charge is -2.17. The normalized spacial score (nSPS) is 11.4. The third-order valence-electron chi connectivity index (χ3n) is 2.81. The van der Waals surface area contributed by atoms with Gasteiger partial charge in [0.1, 0.15) is 11.8 Å². The zero-order valence-electron chi connectivity index (χ0n) is 11.1. The Bertz CT molecular complexity index is 605. The number of para-hydroxylation sites is 1. The van der Waals surface area contributed by atoms with Crippen molar-refractivity contribution in [2.24, 2.45) is 0 Å². The summed E-state index contributed by atoms with van der Waals surface area (Å²) < 4.78 is 5.56. The lowest BCUT2D eigenvalue weighted by Crippen LogP contribution is -2.10. The van der Waals surface area contributed by atoms with Crippen LogP contribution >= 0.6 is 11.6 Å². The van der Waals surface area contributed by atoms with E-state index in [0.29, 0.717) is 11.6 Å². The molecule has 0 aliphatic carbocycles. The summed E-state index contributed by atoms with van der Waals surface area (Å²) in [5.41, 5.74) is 1.67. The molecule has 1 N–H and O–H groups in total. The Kier molecular flexibility index (Phi) is 4.86. The maximum atomic E-state index is 9.39. The minimum Gasteiger partial charge on any atom is -0.493 e. The lowest BCUT2D eigenvalue weighted by atomic mass is 10.1. The lowest BCUT2D eigenvalue weighted by molar-refractivity contribution is 0.336. The van der Waals surface area contributed by atoms with Crippen LogP contribution in [0.15, 0.2) is 48.5 Å².